The van der Waals surface area contributed by atoms with Gasteiger partial charge in [0.15, 0.2) is 6.61 Å². The van der Waals surface area contributed by atoms with Gasteiger partial charge in [0.25, 0.3) is 5.91 Å². The number of hydrogen-bond donors (Lipinski definition) is 1. The molecule has 4 aromatic rings. The molecule has 0 saturated carbocycles. The van der Waals surface area contributed by atoms with Crippen LogP contribution in [-0.2, 0) is 26.6 Å². The second kappa shape index (κ2) is 8.79. The first kappa shape index (κ1) is 23.2. The Morgan fingerprint density at radius 3 is 2.58 bits per heavy atom. The molecule has 1 N–H and O–H groups in total. The van der Waals surface area contributed by atoms with Gasteiger partial charge in [0.05, 0.1) is 15.6 Å². The Morgan fingerprint density at radius 2 is 1.85 bits per heavy atom. The highest BCUT2D eigenvalue weighted by molar-refractivity contribution is 7.89. The summed E-state index contributed by atoms with van der Waals surface area (Å²) in [6.45, 7) is -0.547. The lowest BCUT2D eigenvalue weighted by molar-refractivity contribution is -0.119. The standard InChI is InChI=1S/C22H20ClN3O5S2/c1-25(2)33(29,30)13-8-9-16(23)17(10-13)24-20(27)12-31-22(28)19-11-15-14-6-4-5-7-18(14)26(3)21(15)32-19/h4-11H,12H2,1-3H3,(H,24,27). The van der Waals surface area contributed by atoms with Gasteiger partial charge in [0.1, 0.15) is 9.71 Å². The number of ether oxygens (including phenoxy) is 1. The summed E-state index contributed by atoms with van der Waals surface area (Å²) in [4.78, 5) is 26.2. The Hall–Kier alpha value is -2.92. The second-order valence-electron chi connectivity index (χ2n) is 7.46. The van der Waals surface area contributed by atoms with E-state index in [1.807, 2.05) is 35.9 Å². The van der Waals surface area contributed by atoms with Gasteiger partial charge in [-0.2, -0.15) is 0 Å². The number of halogens is 1. The van der Waals surface area contributed by atoms with Gasteiger partial charge in [-0.3, -0.25) is 4.79 Å². The van der Waals surface area contributed by atoms with Crippen LogP contribution in [0, 0.1) is 0 Å². The lowest BCUT2D eigenvalue weighted by Crippen LogP contribution is -2.23. The minimum Gasteiger partial charge on any atom is -0.451 e. The summed E-state index contributed by atoms with van der Waals surface area (Å²) in [5, 5.41) is 4.63. The van der Waals surface area contributed by atoms with Crippen molar-refractivity contribution in [2.45, 2.75) is 4.90 Å². The molecule has 0 aliphatic carbocycles. The number of aromatic nitrogens is 1. The molecule has 33 heavy (non-hydrogen) atoms. The maximum atomic E-state index is 12.5. The first-order chi connectivity index (χ1) is 15.6. The number of aryl methyl sites for hydroxylation is 1. The van der Waals surface area contributed by atoms with Crippen molar-refractivity contribution in [3.05, 3.63) is 58.4 Å². The lowest BCUT2D eigenvalue weighted by atomic mass is 10.2. The molecule has 0 atom stereocenters. The Bertz CT molecular complexity index is 1510. The highest BCUT2D eigenvalue weighted by atomic mass is 35.5. The van der Waals surface area contributed by atoms with Crippen LogP contribution in [0.25, 0.3) is 21.1 Å². The molecule has 2 aromatic heterocycles. The van der Waals surface area contributed by atoms with Crippen LogP contribution in [0.3, 0.4) is 0 Å². The zero-order chi connectivity index (χ0) is 23.9. The van der Waals surface area contributed by atoms with Crippen LogP contribution in [-0.4, -0.2) is 49.9 Å². The molecular formula is C22H20ClN3O5S2. The number of amides is 1. The minimum absolute atomic E-state index is 0.0262. The SMILES string of the molecule is CN(C)S(=O)(=O)c1ccc(Cl)c(NC(=O)COC(=O)c2cc3c4ccccc4n(C)c3s2)c1. The summed E-state index contributed by atoms with van der Waals surface area (Å²) in [6, 6.07) is 13.6. The molecule has 8 nitrogen and oxygen atoms in total. The molecule has 11 heteroatoms. The Morgan fingerprint density at radius 1 is 1.12 bits per heavy atom. The van der Waals surface area contributed by atoms with E-state index >= 15 is 0 Å². The number of anilines is 1. The Kier molecular flexibility index (Phi) is 6.19. The monoisotopic (exact) mass is 505 g/mol. The number of nitrogens with zero attached hydrogens (tertiary/aromatic N) is 2. The molecule has 0 unspecified atom stereocenters. The molecular weight excluding hydrogens is 486 g/mol. The van der Waals surface area contributed by atoms with Gasteiger partial charge >= 0.3 is 5.97 Å². The molecule has 2 heterocycles. The van der Waals surface area contributed by atoms with E-state index in [0.29, 0.717) is 4.88 Å². The number of carbonyl (C=O) groups excluding carboxylic acids is 2. The predicted octanol–water partition coefficient (Wildman–Crippen LogP) is 4.09. The van der Waals surface area contributed by atoms with E-state index in [-0.39, 0.29) is 15.6 Å². The van der Waals surface area contributed by atoms with Crippen molar-refractivity contribution in [3.63, 3.8) is 0 Å². The second-order valence-corrected chi connectivity index (χ2v) is 11.0. The van der Waals surface area contributed by atoms with Crippen molar-refractivity contribution in [1.82, 2.24) is 8.87 Å². The Balaban J connectivity index is 1.46. The van der Waals surface area contributed by atoms with Crippen LogP contribution in [0.1, 0.15) is 9.67 Å². The molecule has 2 aromatic carbocycles. The number of sulfonamides is 1. The van der Waals surface area contributed by atoms with Crippen molar-refractivity contribution in [3.8, 4) is 0 Å². The molecule has 0 fully saturated rings. The van der Waals surface area contributed by atoms with Crippen molar-refractivity contribution in [1.29, 1.82) is 0 Å². The maximum Gasteiger partial charge on any atom is 0.348 e. The van der Waals surface area contributed by atoms with E-state index in [0.717, 1.165) is 25.4 Å². The summed E-state index contributed by atoms with van der Waals surface area (Å²) in [6.07, 6.45) is 0. The van der Waals surface area contributed by atoms with Gasteiger partial charge in [-0.1, -0.05) is 29.8 Å². The normalized spacial score (nSPS) is 11.9. The lowest BCUT2D eigenvalue weighted by Gasteiger charge is -2.13. The van der Waals surface area contributed by atoms with Gasteiger partial charge in [-0.05, 0) is 30.3 Å². The predicted molar refractivity (Wildman–Crippen MR) is 130 cm³/mol. The highest BCUT2D eigenvalue weighted by Crippen LogP contribution is 2.34. The maximum absolute atomic E-state index is 12.5. The fraction of sp³-hybridized carbons (Fsp3) is 0.182. The molecule has 0 saturated heterocycles. The smallest absolute Gasteiger partial charge is 0.348 e. The van der Waals surface area contributed by atoms with E-state index in [2.05, 4.69) is 5.32 Å². The molecule has 0 aliphatic rings. The zero-order valence-electron chi connectivity index (χ0n) is 18.0. The molecule has 0 spiro atoms. The number of para-hydroxylation sites is 1. The molecule has 0 bridgehead atoms. The van der Waals surface area contributed by atoms with Crippen molar-refractivity contribution >= 4 is 71.6 Å². The first-order valence-electron chi connectivity index (χ1n) is 9.75. The average Bonchev–Trinajstić information content (AvgIpc) is 3.33. The molecule has 172 valence electrons. The average molecular weight is 506 g/mol. The van der Waals surface area contributed by atoms with E-state index in [1.165, 1.54) is 43.6 Å². The van der Waals surface area contributed by atoms with Crippen molar-refractivity contribution in [2.75, 3.05) is 26.0 Å². The van der Waals surface area contributed by atoms with Gasteiger partial charge < -0.3 is 14.6 Å². The summed E-state index contributed by atoms with van der Waals surface area (Å²) in [5.41, 5.74) is 1.17. The largest absolute Gasteiger partial charge is 0.451 e. The van der Waals surface area contributed by atoms with Gasteiger partial charge in [-0.15, -0.1) is 11.3 Å². The summed E-state index contributed by atoms with van der Waals surface area (Å²) >= 11 is 7.38. The molecule has 0 aliphatic heterocycles. The quantitative estimate of drug-likeness (QED) is 0.398. The molecule has 4 rings (SSSR count). The van der Waals surface area contributed by atoms with Crippen molar-refractivity contribution in [2.24, 2.45) is 7.05 Å². The summed E-state index contributed by atoms with van der Waals surface area (Å²) in [5.74, 6) is -1.26. The number of benzene rings is 2. The summed E-state index contributed by atoms with van der Waals surface area (Å²) < 4.78 is 32.9. The number of carbonyl (C=O) groups is 2. The van der Waals surface area contributed by atoms with E-state index in [9.17, 15) is 18.0 Å². The van der Waals surface area contributed by atoms with Crippen LogP contribution in [0.4, 0.5) is 5.69 Å². The third-order valence-electron chi connectivity index (χ3n) is 5.10. The zero-order valence-corrected chi connectivity index (χ0v) is 20.3. The van der Waals surface area contributed by atoms with Crippen LogP contribution >= 0.6 is 22.9 Å². The third kappa shape index (κ3) is 4.34. The number of nitrogens with one attached hydrogen (secondary N) is 1. The Labute approximate surface area is 199 Å². The van der Waals surface area contributed by atoms with Crippen LogP contribution < -0.4 is 5.32 Å². The highest BCUT2D eigenvalue weighted by Gasteiger charge is 2.21. The van der Waals surface area contributed by atoms with Crippen LogP contribution in [0.5, 0.6) is 0 Å². The number of esters is 1. The minimum atomic E-state index is -3.70. The first-order valence-corrected chi connectivity index (χ1v) is 12.4. The molecule has 0 radical (unpaired) electrons. The third-order valence-corrected chi connectivity index (χ3v) is 8.43. The number of rotatable bonds is 6. The van der Waals surface area contributed by atoms with Crippen LogP contribution in [0.15, 0.2) is 53.4 Å². The van der Waals surface area contributed by atoms with E-state index < -0.39 is 28.5 Å². The van der Waals surface area contributed by atoms with E-state index in [4.69, 9.17) is 16.3 Å². The van der Waals surface area contributed by atoms with Crippen LogP contribution in [0.2, 0.25) is 5.02 Å². The fourth-order valence-corrected chi connectivity index (χ4v) is 5.52. The fourth-order valence-electron chi connectivity index (χ4n) is 3.39. The number of thiophene rings is 1. The molecule has 1 amide bonds. The topological polar surface area (TPSA) is 97.7 Å². The summed E-state index contributed by atoms with van der Waals surface area (Å²) in [7, 11) is 1.03. The van der Waals surface area contributed by atoms with E-state index in [1.54, 1.807) is 6.07 Å². The van der Waals surface area contributed by atoms with Gasteiger partial charge in [-0.25, -0.2) is 17.5 Å². The van der Waals surface area contributed by atoms with Gasteiger partial charge in [0, 0.05) is 37.4 Å². The number of fused-ring (bicyclic) bond motifs is 3. The van der Waals surface area contributed by atoms with Crippen molar-refractivity contribution < 1.29 is 22.7 Å². The van der Waals surface area contributed by atoms with Gasteiger partial charge in [0.2, 0.25) is 10.0 Å². The number of hydrogen-bond acceptors (Lipinski definition) is 6.